The van der Waals surface area contributed by atoms with E-state index in [2.05, 4.69) is 10.6 Å². The molecule has 2 aromatic rings. The summed E-state index contributed by atoms with van der Waals surface area (Å²) in [5.41, 5.74) is 2.96. The zero-order valence-electron chi connectivity index (χ0n) is 14.8. The molecule has 7 nitrogen and oxygen atoms in total. The summed E-state index contributed by atoms with van der Waals surface area (Å²) in [6, 6.07) is 9.47. The van der Waals surface area contributed by atoms with E-state index in [4.69, 9.17) is 9.47 Å². The van der Waals surface area contributed by atoms with Crippen molar-refractivity contribution in [3.05, 3.63) is 53.1 Å². The van der Waals surface area contributed by atoms with E-state index in [0.717, 1.165) is 11.1 Å². The van der Waals surface area contributed by atoms with E-state index < -0.39 is 18.5 Å². The summed E-state index contributed by atoms with van der Waals surface area (Å²) in [5, 5.41) is 4.79. The van der Waals surface area contributed by atoms with Gasteiger partial charge < -0.3 is 14.8 Å². The predicted octanol–water partition coefficient (Wildman–Crippen LogP) is 2.85. The molecule has 0 atom stereocenters. The summed E-state index contributed by atoms with van der Waals surface area (Å²) in [7, 11) is 1.44. The lowest BCUT2D eigenvalue weighted by Crippen LogP contribution is -2.37. The smallest absolute Gasteiger partial charge is 0.325 e. The second kappa shape index (κ2) is 8.66. The van der Waals surface area contributed by atoms with Crippen LogP contribution < -0.4 is 20.1 Å². The van der Waals surface area contributed by atoms with Gasteiger partial charge in [0.1, 0.15) is 6.29 Å². The second-order valence-corrected chi connectivity index (χ2v) is 5.64. The van der Waals surface area contributed by atoms with Gasteiger partial charge in [-0.05, 0) is 43.7 Å². The lowest BCUT2D eigenvalue weighted by atomic mass is 10.1. The highest BCUT2D eigenvalue weighted by Gasteiger charge is 2.12. The zero-order chi connectivity index (χ0) is 19.1. The largest absolute Gasteiger partial charge is 0.493 e. The van der Waals surface area contributed by atoms with Gasteiger partial charge in [-0.1, -0.05) is 17.7 Å². The van der Waals surface area contributed by atoms with Crippen molar-refractivity contribution in [3.8, 4) is 11.5 Å². The standard InChI is InChI=1S/C19H20N2O5/c1-12-4-6-15(13(2)8-12)20-19(24)21-18(23)11-26-17-9-14(10-22)5-7-16(17)25-3/h4-10H,11H2,1-3H3,(H2,20,21,23,24). The Morgan fingerprint density at radius 3 is 2.50 bits per heavy atom. The second-order valence-electron chi connectivity index (χ2n) is 5.64. The molecular formula is C19H20N2O5. The Labute approximate surface area is 151 Å². The van der Waals surface area contributed by atoms with Crippen LogP contribution in [-0.2, 0) is 4.79 Å². The van der Waals surface area contributed by atoms with Crippen LogP contribution in [0.25, 0.3) is 0 Å². The summed E-state index contributed by atoms with van der Waals surface area (Å²) in [5.74, 6) is -0.0176. The average molecular weight is 356 g/mol. The molecule has 0 aliphatic carbocycles. The number of aldehydes is 1. The van der Waals surface area contributed by atoms with E-state index in [1.807, 2.05) is 26.0 Å². The van der Waals surface area contributed by atoms with Crippen molar-refractivity contribution in [1.82, 2.24) is 5.32 Å². The zero-order valence-corrected chi connectivity index (χ0v) is 14.8. The minimum atomic E-state index is -0.654. The van der Waals surface area contributed by atoms with E-state index >= 15 is 0 Å². The highest BCUT2D eigenvalue weighted by atomic mass is 16.5. The predicted molar refractivity (Wildman–Crippen MR) is 97.0 cm³/mol. The van der Waals surface area contributed by atoms with Gasteiger partial charge in [0.05, 0.1) is 7.11 Å². The van der Waals surface area contributed by atoms with Crippen molar-refractivity contribution in [2.24, 2.45) is 0 Å². The molecule has 0 spiro atoms. The minimum absolute atomic E-state index is 0.238. The van der Waals surface area contributed by atoms with Gasteiger partial charge >= 0.3 is 6.03 Å². The summed E-state index contributed by atoms with van der Waals surface area (Å²) in [6.07, 6.45) is 0.656. The first-order valence-electron chi connectivity index (χ1n) is 7.87. The van der Waals surface area contributed by atoms with Gasteiger partial charge in [0, 0.05) is 11.3 Å². The molecule has 26 heavy (non-hydrogen) atoms. The number of nitrogens with one attached hydrogen (secondary N) is 2. The van der Waals surface area contributed by atoms with Gasteiger partial charge in [0.15, 0.2) is 18.1 Å². The fraction of sp³-hybridized carbons (Fsp3) is 0.211. The van der Waals surface area contributed by atoms with Gasteiger partial charge in [0.25, 0.3) is 5.91 Å². The van der Waals surface area contributed by atoms with Crippen LogP contribution in [0.2, 0.25) is 0 Å². The highest BCUT2D eigenvalue weighted by Crippen LogP contribution is 2.27. The first kappa shape index (κ1) is 19.0. The Hall–Kier alpha value is -3.35. The number of urea groups is 1. The topological polar surface area (TPSA) is 93.7 Å². The molecular weight excluding hydrogens is 336 g/mol. The molecule has 0 heterocycles. The SMILES string of the molecule is COc1ccc(C=O)cc1OCC(=O)NC(=O)Nc1ccc(C)cc1C. The number of imide groups is 1. The number of hydrogen-bond acceptors (Lipinski definition) is 5. The number of carbonyl (C=O) groups excluding carboxylic acids is 3. The summed E-state index contributed by atoms with van der Waals surface area (Å²) in [6.45, 7) is 3.41. The maximum Gasteiger partial charge on any atom is 0.325 e. The number of ether oxygens (including phenoxy) is 2. The van der Waals surface area contributed by atoms with Crippen molar-refractivity contribution >= 4 is 23.9 Å². The number of amides is 3. The molecule has 3 amide bonds. The maximum atomic E-state index is 11.9. The lowest BCUT2D eigenvalue weighted by Gasteiger charge is -2.12. The monoisotopic (exact) mass is 356 g/mol. The molecule has 0 unspecified atom stereocenters. The Morgan fingerprint density at radius 1 is 1.08 bits per heavy atom. The van der Waals surface area contributed by atoms with Crippen LogP contribution in [0, 0.1) is 13.8 Å². The molecule has 7 heteroatoms. The number of benzene rings is 2. The molecule has 2 rings (SSSR count). The average Bonchev–Trinajstić information content (AvgIpc) is 2.62. The number of anilines is 1. The van der Waals surface area contributed by atoms with Crippen molar-refractivity contribution < 1.29 is 23.9 Å². The molecule has 0 saturated carbocycles. The molecule has 0 aliphatic rings. The van der Waals surface area contributed by atoms with Crippen LogP contribution in [0.1, 0.15) is 21.5 Å². The maximum absolute atomic E-state index is 11.9. The Kier molecular flexibility index (Phi) is 6.32. The molecule has 0 aromatic heterocycles. The first-order valence-corrected chi connectivity index (χ1v) is 7.87. The summed E-state index contributed by atoms with van der Waals surface area (Å²) in [4.78, 5) is 34.7. The Bertz CT molecular complexity index is 833. The van der Waals surface area contributed by atoms with Crippen molar-refractivity contribution in [1.29, 1.82) is 0 Å². The number of methoxy groups -OCH3 is 1. The van der Waals surface area contributed by atoms with Gasteiger partial charge in [0.2, 0.25) is 0 Å². The van der Waals surface area contributed by atoms with Gasteiger partial charge in [-0.15, -0.1) is 0 Å². The van der Waals surface area contributed by atoms with Crippen LogP contribution >= 0.6 is 0 Å². The Balaban J connectivity index is 1.92. The van der Waals surface area contributed by atoms with Crippen LogP contribution in [0.3, 0.4) is 0 Å². The number of hydrogen-bond donors (Lipinski definition) is 2. The van der Waals surface area contributed by atoms with Crippen molar-refractivity contribution in [3.63, 3.8) is 0 Å². The number of rotatable bonds is 6. The van der Waals surface area contributed by atoms with Crippen LogP contribution in [0.5, 0.6) is 11.5 Å². The first-order chi connectivity index (χ1) is 12.4. The normalized spacial score (nSPS) is 9.96. The van der Waals surface area contributed by atoms with Crippen molar-refractivity contribution in [2.75, 3.05) is 19.0 Å². The quantitative estimate of drug-likeness (QED) is 0.776. The Morgan fingerprint density at radius 2 is 1.85 bits per heavy atom. The number of aryl methyl sites for hydroxylation is 2. The minimum Gasteiger partial charge on any atom is -0.493 e. The molecule has 0 radical (unpaired) electrons. The number of carbonyl (C=O) groups is 3. The third kappa shape index (κ3) is 5.07. The molecule has 0 fully saturated rings. The van der Waals surface area contributed by atoms with Crippen LogP contribution in [0.4, 0.5) is 10.5 Å². The van der Waals surface area contributed by atoms with Crippen LogP contribution in [0.15, 0.2) is 36.4 Å². The summed E-state index contributed by atoms with van der Waals surface area (Å²) < 4.78 is 10.5. The molecule has 2 N–H and O–H groups in total. The van der Waals surface area contributed by atoms with E-state index in [1.54, 1.807) is 18.2 Å². The van der Waals surface area contributed by atoms with Gasteiger partial charge in [-0.25, -0.2) is 4.79 Å². The molecule has 0 saturated heterocycles. The molecule has 136 valence electrons. The fourth-order valence-corrected chi connectivity index (χ4v) is 2.29. The van der Waals surface area contributed by atoms with Gasteiger partial charge in [-0.3, -0.25) is 14.9 Å². The van der Waals surface area contributed by atoms with E-state index in [0.29, 0.717) is 23.3 Å². The van der Waals surface area contributed by atoms with Gasteiger partial charge in [-0.2, -0.15) is 0 Å². The van der Waals surface area contributed by atoms with Crippen LogP contribution in [-0.4, -0.2) is 31.9 Å². The van der Waals surface area contributed by atoms with E-state index in [9.17, 15) is 14.4 Å². The van der Waals surface area contributed by atoms with E-state index in [1.165, 1.54) is 13.2 Å². The highest BCUT2D eigenvalue weighted by molar-refractivity contribution is 6.01. The lowest BCUT2D eigenvalue weighted by molar-refractivity contribution is -0.121. The fourth-order valence-electron chi connectivity index (χ4n) is 2.29. The van der Waals surface area contributed by atoms with Crippen molar-refractivity contribution in [2.45, 2.75) is 13.8 Å². The summed E-state index contributed by atoms with van der Waals surface area (Å²) >= 11 is 0. The van der Waals surface area contributed by atoms with E-state index in [-0.39, 0.29) is 5.75 Å². The third-order valence-electron chi connectivity index (χ3n) is 3.57. The molecule has 2 aromatic carbocycles. The molecule has 0 bridgehead atoms. The third-order valence-corrected chi connectivity index (χ3v) is 3.57. The molecule has 0 aliphatic heterocycles.